The lowest BCUT2D eigenvalue weighted by molar-refractivity contribution is 0.0964. The number of carbonyl (C=O) groups is 1. The second-order valence-corrected chi connectivity index (χ2v) is 9.06. The number of anilines is 1. The van der Waals surface area contributed by atoms with Crippen molar-refractivity contribution in [1.82, 2.24) is 29.5 Å². The van der Waals surface area contributed by atoms with Crippen LogP contribution in [0.2, 0.25) is 0 Å². The maximum Gasteiger partial charge on any atom is 0.254 e. The van der Waals surface area contributed by atoms with Crippen LogP contribution in [0.3, 0.4) is 0 Å². The van der Waals surface area contributed by atoms with Gasteiger partial charge in [0.1, 0.15) is 5.52 Å². The van der Waals surface area contributed by atoms with Crippen molar-refractivity contribution in [3.05, 3.63) is 42.1 Å². The molecule has 0 radical (unpaired) electrons. The molecule has 2 N–H and O–H groups in total. The lowest BCUT2D eigenvalue weighted by atomic mass is 9.75. The maximum absolute atomic E-state index is 15.3. The van der Waals surface area contributed by atoms with Crippen LogP contribution in [0.25, 0.3) is 22.2 Å². The largest absolute Gasteiger partial charge is 0.479 e. The standard InChI is InChI=1S/C24H25FN8O2/c1-24(13-26)7-4-15(5-8-24)29-23-30-22(35-3)20-19(17(25)12-33(20)31-23)14-6-9-32-18(10-14)16(11-28-32)21(34)27-2/h6,9-12,15H,4-5,7-8H2,1-3H3,(H,27,34)(H,29,31)/t15-,24-. The molecular formula is C24H25FN8O2. The van der Waals surface area contributed by atoms with Gasteiger partial charge in [-0.15, -0.1) is 5.10 Å². The van der Waals surface area contributed by atoms with E-state index < -0.39 is 5.82 Å². The lowest BCUT2D eigenvalue weighted by Gasteiger charge is -2.32. The molecule has 0 bridgehead atoms. The summed E-state index contributed by atoms with van der Waals surface area (Å²) in [5.74, 6) is -0.232. The number of aromatic nitrogens is 5. The molecule has 0 aromatic carbocycles. The number of ether oxygens (including phenoxy) is 1. The average Bonchev–Trinajstić information content (AvgIpc) is 3.44. The van der Waals surface area contributed by atoms with Crippen LogP contribution in [0.5, 0.6) is 5.88 Å². The summed E-state index contributed by atoms with van der Waals surface area (Å²) < 4.78 is 23.8. The van der Waals surface area contributed by atoms with Gasteiger partial charge in [-0.25, -0.2) is 13.4 Å². The smallest absolute Gasteiger partial charge is 0.254 e. The Labute approximate surface area is 200 Å². The molecule has 0 atom stereocenters. The predicted octanol–water partition coefficient (Wildman–Crippen LogP) is 3.44. The Kier molecular flexibility index (Phi) is 5.51. The summed E-state index contributed by atoms with van der Waals surface area (Å²) in [6, 6.07) is 5.94. The zero-order valence-corrected chi connectivity index (χ0v) is 19.7. The van der Waals surface area contributed by atoms with Gasteiger partial charge in [0.15, 0.2) is 5.82 Å². The minimum Gasteiger partial charge on any atom is -0.479 e. The molecule has 4 heterocycles. The summed E-state index contributed by atoms with van der Waals surface area (Å²) in [5, 5.41) is 23.9. The summed E-state index contributed by atoms with van der Waals surface area (Å²) >= 11 is 0. The molecule has 180 valence electrons. The van der Waals surface area contributed by atoms with E-state index in [1.165, 1.54) is 24.0 Å². The number of fused-ring (bicyclic) bond motifs is 2. The Bertz CT molecular complexity index is 1480. The topological polar surface area (TPSA) is 122 Å². The molecule has 5 rings (SSSR count). The molecule has 1 amide bonds. The third-order valence-electron chi connectivity index (χ3n) is 6.72. The fourth-order valence-corrected chi connectivity index (χ4v) is 4.64. The molecule has 4 aromatic rings. The van der Waals surface area contributed by atoms with Gasteiger partial charge in [-0.3, -0.25) is 4.79 Å². The minimum atomic E-state index is -0.498. The Morgan fingerprint density at radius 1 is 1.34 bits per heavy atom. The van der Waals surface area contributed by atoms with E-state index in [2.05, 4.69) is 31.9 Å². The first-order valence-electron chi connectivity index (χ1n) is 11.4. The van der Waals surface area contributed by atoms with Crippen molar-refractivity contribution in [2.45, 2.75) is 38.6 Å². The number of nitrogens with zero attached hydrogens (tertiary/aromatic N) is 6. The highest BCUT2D eigenvalue weighted by Gasteiger charge is 2.31. The van der Waals surface area contributed by atoms with Gasteiger partial charge in [0.25, 0.3) is 5.91 Å². The maximum atomic E-state index is 15.3. The van der Waals surface area contributed by atoms with Crippen molar-refractivity contribution in [1.29, 1.82) is 5.26 Å². The van der Waals surface area contributed by atoms with Gasteiger partial charge in [-0.2, -0.15) is 15.3 Å². The zero-order valence-electron chi connectivity index (χ0n) is 19.7. The van der Waals surface area contributed by atoms with Crippen LogP contribution >= 0.6 is 0 Å². The number of amides is 1. The monoisotopic (exact) mass is 476 g/mol. The molecule has 35 heavy (non-hydrogen) atoms. The summed E-state index contributed by atoms with van der Waals surface area (Å²) in [6.45, 7) is 1.98. The molecule has 0 unspecified atom stereocenters. The Hall–Kier alpha value is -4.20. The highest BCUT2D eigenvalue weighted by molar-refractivity contribution is 6.01. The number of rotatable bonds is 5. The van der Waals surface area contributed by atoms with E-state index in [-0.39, 0.29) is 28.8 Å². The second kappa shape index (κ2) is 8.54. The normalized spacial score (nSPS) is 20.0. The van der Waals surface area contributed by atoms with Gasteiger partial charge in [0.2, 0.25) is 11.8 Å². The third-order valence-corrected chi connectivity index (χ3v) is 6.72. The number of halogens is 1. The molecule has 4 aromatic heterocycles. The van der Waals surface area contributed by atoms with Crippen LogP contribution < -0.4 is 15.4 Å². The van der Waals surface area contributed by atoms with Crippen LogP contribution in [0.1, 0.15) is 43.0 Å². The predicted molar refractivity (Wildman–Crippen MR) is 127 cm³/mol. The van der Waals surface area contributed by atoms with Gasteiger partial charge in [0, 0.05) is 19.3 Å². The van der Waals surface area contributed by atoms with Crippen molar-refractivity contribution in [3.63, 3.8) is 0 Å². The van der Waals surface area contributed by atoms with E-state index in [1.807, 2.05) is 6.92 Å². The SMILES string of the molecule is CNC(=O)c1cnn2ccc(-c3c(F)cn4nc(N[C@H]5CC[C@](C)(C#N)CC5)nc(OC)c34)cc12. The summed E-state index contributed by atoms with van der Waals surface area (Å²) in [4.78, 5) is 16.7. The number of hydrogen-bond acceptors (Lipinski definition) is 7. The van der Waals surface area contributed by atoms with Crippen LogP contribution in [0.15, 0.2) is 30.7 Å². The molecule has 10 nitrogen and oxygen atoms in total. The van der Waals surface area contributed by atoms with Crippen molar-refractivity contribution >= 4 is 22.9 Å². The molecular weight excluding hydrogens is 451 g/mol. The third kappa shape index (κ3) is 3.90. The van der Waals surface area contributed by atoms with E-state index in [0.29, 0.717) is 28.1 Å². The van der Waals surface area contributed by atoms with E-state index in [0.717, 1.165) is 25.7 Å². The van der Waals surface area contributed by atoms with Gasteiger partial charge in [0.05, 0.1) is 47.6 Å². The second-order valence-electron chi connectivity index (χ2n) is 9.06. The highest BCUT2D eigenvalue weighted by atomic mass is 19.1. The first-order chi connectivity index (χ1) is 16.9. The van der Waals surface area contributed by atoms with Crippen LogP contribution in [-0.4, -0.2) is 50.3 Å². The van der Waals surface area contributed by atoms with Gasteiger partial charge in [-0.1, -0.05) is 0 Å². The van der Waals surface area contributed by atoms with Crippen LogP contribution in [0.4, 0.5) is 10.3 Å². The molecule has 1 aliphatic carbocycles. The summed E-state index contributed by atoms with van der Waals surface area (Å²) in [5.41, 5.74) is 1.80. The minimum absolute atomic E-state index is 0.117. The summed E-state index contributed by atoms with van der Waals surface area (Å²) in [6.07, 6.45) is 7.64. The Balaban J connectivity index is 1.53. The number of methoxy groups -OCH3 is 1. The first kappa shape index (κ1) is 22.6. The van der Waals surface area contributed by atoms with Crippen molar-refractivity contribution < 1.29 is 13.9 Å². The molecule has 1 fully saturated rings. The highest BCUT2D eigenvalue weighted by Crippen LogP contribution is 2.37. The van der Waals surface area contributed by atoms with Gasteiger partial charge < -0.3 is 15.4 Å². The van der Waals surface area contributed by atoms with Gasteiger partial charge >= 0.3 is 0 Å². The fourth-order valence-electron chi connectivity index (χ4n) is 4.64. The first-order valence-corrected chi connectivity index (χ1v) is 11.4. The molecule has 0 spiro atoms. The van der Waals surface area contributed by atoms with Crippen LogP contribution in [0, 0.1) is 22.6 Å². The van der Waals surface area contributed by atoms with E-state index >= 15 is 4.39 Å². The molecule has 0 aliphatic heterocycles. The lowest BCUT2D eigenvalue weighted by Crippen LogP contribution is -2.31. The Morgan fingerprint density at radius 3 is 2.80 bits per heavy atom. The van der Waals surface area contributed by atoms with E-state index in [1.54, 1.807) is 29.9 Å². The summed E-state index contributed by atoms with van der Waals surface area (Å²) in [7, 11) is 3.02. The number of nitriles is 1. The number of hydrogen-bond donors (Lipinski definition) is 2. The van der Waals surface area contributed by atoms with Crippen molar-refractivity contribution in [3.8, 4) is 23.1 Å². The number of nitrogens with one attached hydrogen (secondary N) is 2. The average molecular weight is 477 g/mol. The number of pyridine rings is 1. The quantitative estimate of drug-likeness (QED) is 0.452. The molecule has 1 saturated carbocycles. The Morgan fingerprint density at radius 2 is 2.11 bits per heavy atom. The fraction of sp³-hybridized carbons (Fsp3) is 0.375. The number of carbonyl (C=O) groups excluding carboxylic acids is 1. The van der Waals surface area contributed by atoms with E-state index in [4.69, 9.17) is 4.74 Å². The van der Waals surface area contributed by atoms with Crippen LogP contribution in [-0.2, 0) is 0 Å². The zero-order chi connectivity index (χ0) is 24.7. The molecule has 0 saturated heterocycles. The molecule has 1 aliphatic rings. The van der Waals surface area contributed by atoms with Crippen molar-refractivity contribution in [2.24, 2.45) is 5.41 Å². The molecule has 11 heteroatoms. The van der Waals surface area contributed by atoms with Gasteiger partial charge in [-0.05, 0) is 50.3 Å². The van der Waals surface area contributed by atoms with Crippen molar-refractivity contribution in [2.75, 3.05) is 19.5 Å². The van der Waals surface area contributed by atoms with E-state index in [9.17, 15) is 10.1 Å².